The standard InChI is InChI=1S/C19H26N4O2.ClH/c1-22(2)11-6-10-20-18(24)14-8-9-15-16(13-14)21-17-7-4-3-5-12-23(17)19(15)25;/h8-9,13H,3-7,10-12H2,1-2H3,(H,20,24);1H. The fourth-order valence-electron chi connectivity index (χ4n) is 3.26. The Morgan fingerprint density at radius 2 is 2.08 bits per heavy atom. The second-order valence-electron chi connectivity index (χ2n) is 6.94. The Morgan fingerprint density at radius 3 is 2.85 bits per heavy atom. The van der Waals surface area contributed by atoms with Crippen LogP contribution in [0.3, 0.4) is 0 Å². The monoisotopic (exact) mass is 378 g/mol. The highest BCUT2D eigenvalue weighted by atomic mass is 35.5. The van der Waals surface area contributed by atoms with Gasteiger partial charge in [0.15, 0.2) is 0 Å². The van der Waals surface area contributed by atoms with E-state index in [1.807, 2.05) is 14.1 Å². The van der Waals surface area contributed by atoms with Crippen molar-refractivity contribution in [2.75, 3.05) is 27.2 Å². The van der Waals surface area contributed by atoms with E-state index in [0.29, 0.717) is 23.0 Å². The lowest BCUT2D eigenvalue weighted by atomic mass is 10.1. The number of carbonyl (C=O) groups is 1. The highest BCUT2D eigenvalue weighted by Gasteiger charge is 2.15. The predicted octanol–water partition coefficient (Wildman–Crippen LogP) is 2.23. The Balaban J connectivity index is 0.00000243. The van der Waals surface area contributed by atoms with Crippen LogP contribution in [0.2, 0.25) is 0 Å². The quantitative estimate of drug-likeness (QED) is 0.810. The van der Waals surface area contributed by atoms with Crippen LogP contribution in [0.15, 0.2) is 23.0 Å². The third-order valence-corrected chi connectivity index (χ3v) is 4.65. The molecule has 0 bridgehead atoms. The van der Waals surface area contributed by atoms with Crippen LogP contribution in [0.5, 0.6) is 0 Å². The Kier molecular flexibility index (Phi) is 7.17. The number of nitrogens with one attached hydrogen (secondary N) is 1. The molecule has 0 unspecified atom stereocenters. The molecule has 1 amide bonds. The summed E-state index contributed by atoms with van der Waals surface area (Å²) in [4.78, 5) is 31.8. The van der Waals surface area contributed by atoms with Crippen LogP contribution in [0, 0.1) is 0 Å². The van der Waals surface area contributed by atoms with Gasteiger partial charge >= 0.3 is 0 Å². The minimum absolute atomic E-state index is 0. The van der Waals surface area contributed by atoms with E-state index < -0.39 is 0 Å². The van der Waals surface area contributed by atoms with Gasteiger partial charge < -0.3 is 10.2 Å². The molecule has 0 aliphatic carbocycles. The van der Waals surface area contributed by atoms with Crippen LogP contribution in [-0.4, -0.2) is 47.5 Å². The lowest BCUT2D eigenvalue weighted by molar-refractivity contribution is 0.0952. The first kappa shape index (κ1) is 20.4. The van der Waals surface area contributed by atoms with Gasteiger partial charge in [-0.1, -0.05) is 6.42 Å². The summed E-state index contributed by atoms with van der Waals surface area (Å²) in [6, 6.07) is 5.19. The maximum atomic E-state index is 12.7. The topological polar surface area (TPSA) is 67.2 Å². The number of rotatable bonds is 5. The molecule has 1 aliphatic heterocycles. The summed E-state index contributed by atoms with van der Waals surface area (Å²) in [5, 5.41) is 3.52. The molecule has 6 nitrogen and oxygen atoms in total. The first-order valence-corrected chi connectivity index (χ1v) is 9.02. The molecule has 0 radical (unpaired) electrons. The van der Waals surface area contributed by atoms with Gasteiger partial charge in [-0.25, -0.2) is 4.98 Å². The molecule has 2 aromatic rings. The van der Waals surface area contributed by atoms with Crippen molar-refractivity contribution in [3.05, 3.63) is 39.9 Å². The lowest BCUT2D eigenvalue weighted by Crippen LogP contribution is -2.27. The Morgan fingerprint density at radius 1 is 1.27 bits per heavy atom. The third kappa shape index (κ3) is 4.62. The number of amides is 1. The molecule has 2 heterocycles. The number of benzene rings is 1. The molecule has 26 heavy (non-hydrogen) atoms. The summed E-state index contributed by atoms with van der Waals surface area (Å²) in [7, 11) is 4.02. The summed E-state index contributed by atoms with van der Waals surface area (Å²) in [6.45, 7) is 2.31. The van der Waals surface area contributed by atoms with Crippen LogP contribution in [0.4, 0.5) is 0 Å². The zero-order chi connectivity index (χ0) is 17.8. The van der Waals surface area contributed by atoms with Crippen molar-refractivity contribution in [1.29, 1.82) is 0 Å². The largest absolute Gasteiger partial charge is 0.352 e. The van der Waals surface area contributed by atoms with Crippen LogP contribution in [0.25, 0.3) is 10.9 Å². The van der Waals surface area contributed by atoms with Gasteiger partial charge in [-0.3, -0.25) is 14.2 Å². The van der Waals surface area contributed by atoms with E-state index >= 15 is 0 Å². The van der Waals surface area contributed by atoms with Crippen molar-refractivity contribution >= 4 is 29.2 Å². The zero-order valence-electron chi connectivity index (χ0n) is 15.5. The number of aryl methyl sites for hydroxylation is 1. The molecule has 1 aromatic carbocycles. The van der Waals surface area contributed by atoms with Crippen molar-refractivity contribution < 1.29 is 4.79 Å². The molecule has 0 fully saturated rings. The molecule has 1 aliphatic rings. The predicted molar refractivity (Wildman–Crippen MR) is 106 cm³/mol. The molecule has 1 aromatic heterocycles. The van der Waals surface area contributed by atoms with E-state index in [0.717, 1.165) is 51.0 Å². The van der Waals surface area contributed by atoms with Gasteiger partial charge in [-0.15, -0.1) is 12.4 Å². The van der Waals surface area contributed by atoms with Crippen LogP contribution in [0.1, 0.15) is 41.9 Å². The van der Waals surface area contributed by atoms with Gasteiger partial charge in [0, 0.05) is 25.1 Å². The normalized spacial score (nSPS) is 13.8. The van der Waals surface area contributed by atoms with Crippen molar-refractivity contribution in [2.24, 2.45) is 0 Å². The van der Waals surface area contributed by atoms with Gasteiger partial charge in [-0.2, -0.15) is 0 Å². The zero-order valence-corrected chi connectivity index (χ0v) is 16.3. The Bertz CT molecular complexity index is 832. The van der Waals surface area contributed by atoms with E-state index in [1.165, 1.54) is 0 Å². The second-order valence-corrected chi connectivity index (χ2v) is 6.94. The van der Waals surface area contributed by atoms with Gasteiger partial charge in [0.25, 0.3) is 11.5 Å². The summed E-state index contributed by atoms with van der Waals surface area (Å²) >= 11 is 0. The molecular formula is C19H27ClN4O2. The summed E-state index contributed by atoms with van der Waals surface area (Å²) < 4.78 is 1.80. The number of hydrogen-bond acceptors (Lipinski definition) is 4. The summed E-state index contributed by atoms with van der Waals surface area (Å²) in [5.74, 6) is 0.732. The average molecular weight is 379 g/mol. The van der Waals surface area contributed by atoms with Crippen molar-refractivity contribution in [3.8, 4) is 0 Å². The molecule has 0 saturated carbocycles. The molecule has 142 valence electrons. The number of nitrogens with zero attached hydrogens (tertiary/aromatic N) is 3. The van der Waals surface area contributed by atoms with Crippen LogP contribution < -0.4 is 10.9 Å². The SMILES string of the molecule is CN(C)CCCNC(=O)c1ccc2c(=O)n3c(nc2c1)CCCCC3.Cl. The fraction of sp³-hybridized carbons (Fsp3) is 0.526. The van der Waals surface area contributed by atoms with Gasteiger partial charge in [-0.05, 0) is 58.1 Å². The maximum absolute atomic E-state index is 12.7. The lowest BCUT2D eigenvalue weighted by Gasteiger charge is -2.12. The molecule has 0 saturated heterocycles. The molecule has 0 spiro atoms. The third-order valence-electron chi connectivity index (χ3n) is 4.65. The van der Waals surface area contributed by atoms with Gasteiger partial charge in [0.2, 0.25) is 0 Å². The molecule has 3 rings (SSSR count). The smallest absolute Gasteiger partial charge is 0.261 e. The fourth-order valence-corrected chi connectivity index (χ4v) is 3.26. The van der Waals surface area contributed by atoms with E-state index in [-0.39, 0.29) is 23.9 Å². The summed E-state index contributed by atoms with van der Waals surface area (Å²) in [6.07, 6.45) is 4.93. The minimum Gasteiger partial charge on any atom is -0.352 e. The first-order chi connectivity index (χ1) is 12.1. The van der Waals surface area contributed by atoms with E-state index in [4.69, 9.17) is 0 Å². The van der Waals surface area contributed by atoms with E-state index in [9.17, 15) is 9.59 Å². The first-order valence-electron chi connectivity index (χ1n) is 9.02. The maximum Gasteiger partial charge on any atom is 0.261 e. The minimum atomic E-state index is -0.113. The summed E-state index contributed by atoms with van der Waals surface area (Å²) in [5.41, 5.74) is 1.20. The molecule has 0 atom stereocenters. The number of halogens is 1. The van der Waals surface area contributed by atoms with E-state index in [1.54, 1.807) is 22.8 Å². The van der Waals surface area contributed by atoms with Crippen LogP contribution >= 0.6 is 12.4 Å². The number of fused-ring (bicyclic) bond motifs is 2. The highest BCUT2D eigenvalue weighted by Crippen LogP contribution is 2.16. The van der Waals surface area contributed by atoms with Crippen molar-refractivity contribution in [2.45, 2.75) is 38.6 Å². The highest BCUT2D eigenvalue weighted by molar-refractivity contribution is 5.97. The molecular weight excluding hydrogens is 352 g/mol. The van der Waals surface area contributed by atoms with Gasteiger partial charge in [0.1, 0.15) is 5.82 Å². The second kappa shape index (κ2) is 9.14. The average Bonchev–Trinajstić information content (AvgIpc) is 2.83. The number of hydrogen-bond donors (Lipinski definition) is 1. The van der Waals surface area contributed by atoms with Crippen molar-refractivity contribution in [1.82, 2.24) is 19.8 Å². The Labute approximate surface area is 160 Å². The van der Waals surface area contributed by atoms with Crippen LogP contribution in [-0.2, 0) is 13.0 Å². The molecule has 1 N–H and O–H groups in total. The van der Waals surface area contributed by atoms with E-state index in [2.05, 4.69) is 15.2 Å². The van der Waals surface area contributed by atoms with Gasteiger partial charge in [0.05, 0.1) is 10.9 Å². The van der Waals surface area contributed by atoms with Crippen molar-refractivity contribution in [3.63, 3.8) is 0 Å². The Hall–Kier alpha value is -1.92. The molecule has 7 heteroatoms. The number of aromatic nitrogens is 2. The number of carbonyl (C=O) groups excluding carboxylic acids is 1.